The zero-order valence-electron chi connectivity index (χ0n) is 17.8. The van der Waals surface area contributed by atoms with Gasteiger partial charge in [-0.05, 0) is 48.5 Å². The summed E-state index contributed by atoms with van der Waals surface area (Å²) < 4.78 is 16.1. The van der Waals surface area contributed by atoms with E-state index in [1.165, 1.54) is 18.9 Å². The van der Waals surface area contributed by atoms with E-state index in [4.69, 9.17) is 14.2 Å². The number of carbonyl (C=O) groups excluding carboxylic acids is 2. The largest absolute Gasteiger partial charge is 0.493 e. The summed E-state index contributed by atoms with van der Waals surface area (Å²) in [6.07, 6.45) is 0. The quantitative estimate of drug-likeness (QED) is 0.459. The lowest BCUT2D eigenvalue weighted by atomic mass is 10.2. The number of ether oxygens (including phenoxy) is 3. The molecule has 0 saturated heterocycles. The molecule has 8 heteroatoms. The van der Waals surface area contributed by atoms with E-state index in [9.17, 15) is 9.59 Å². The number of benzene rings is 3. The summed E-state index contributed by atoms with van der Waals surface area (Å²) in [4.78, 5) is 24.3. The third-order valence-corrected chi connectivity index (χ3v) is 5.18. The Bertz CT molecular complexity index is 1040. The lowest BCUT2D eigenvalue weighted by molar-refractivity contribution is -0.114. The Kier molecular flexibility index (Phi) is 8.39. The van der Waals surface area contributed by atoms with Crippen LogP contribution in [-0.2, 0) is 9.59 Å². The maximum Gasteiger partial charge on any atom is 0.234 e. The summed E-state index contributed by atoms with van der Waals surface area (Å²) in [7, 11) is 3.08. The molecule has 3 aromatic rings. The van der Waals surface area contributed by atoms with Crippen LogP contribution in [0.15, 0.2) is 72.8 Å². The van der Waals surface area contributed by atoms with Gasteiger partial charge in [0, 0.05) is 17.4 Å². The lowest BCUT2D eigenvalue weighted by Crippen LogP contribution is -2.18. The first-order chi connectivity index (χ1) is 15.6. The molecule has 0 saturated carbocycles. The van der Waals surface area contributed by atoms with Crippen molar-refractivity contribution in [3.05, 3.63) is 72.8 Å². The highest BCUT2D eigenvalue weighted by atomic mass is 32.2. The van der Waals surface area contributed by atoms with Crippen LogP contribution >= 0.6 is 11.8 Å². The summed E-state index contributed by atoms with van der Waals surface area (Å²) in [6, 6.07) is 21.7. The van der Waals surface area contributed by atoms with Crippen LogP contribution in [0.5, 0.6) is 23.0 Å². The van der Waals surface area contributed by atoms with Gasteiger partial charge in [-0.25, -0.2) is 0 Å². The minimum atomic E-state index is -0.211. The molecular weight excluding hydrogens is 428 g/mol. The van der Waals surface area contributed by atoms with Gasteiger partial charge in [0.1, 0.15) is 11.5 Å². The average molecular weight is 453 g/mol. The monoisotopic (exact) mass is 452 g/mol. The number of hydrogen-bond acceptors (Lipinski definition) is 6. The molecule has 0 aliphatic carbocycles. The van der Waals surface area contributed by atoms with Crippen LogP contribution in [-0.4, -0.2) is 37.5 Å². The van der Waals surface area contributed by atoms with Crippen LogP contribution in [0.4, 0.5) is 11.4 Å². The van der Waals surface area contributed by atoms with E-state index in [-0.39, 0.29) is 23.3 Å². The molecule has 32 heavy (non-hydrogen) atoms. The molecule has 0 bridgehead atoms. The van der Waals surface area contributed by atoms with Gasteiger partial charge in [-0.3, -0.25) is 9.59 Å². The van der Waals surface area contributed by atoms with Crippen molar-refractivity contribution in [1.29, 1.82) is 0 Å². The van der Waals surface area contributed by atoms with Crippen LogP contribution in [0, 0.1) is 0 Å². The van der Waals surface area contributed by atoms with Crippen molar-refractivity contribution in [1.82, 2.24) is 0 Å². The molecule has 0 spiro atoms. The summed E-state index contributed by atoms with van der Waals surface area (Å²) >= 11 is 1.23. The van der Waals surface area contributed by atoms with E-state index >= 15 is 0 Å². The predicted octanol–water partition coefficient (Wildman–Crippen LogP) is 4.81. The van der Waals surface area contributed by atoms with E-state index in [1.807, 2.05) is 30.3 Å². The highest BCUT2D eigenvalue weighted by Crippen LogP contribution is 2.29. The van der Waals surface area contributed by atoms with Crippen molar-refractivity contribution >= 4 is 35.0 Å². The summed E-state index contributed by atoms with van der Waals surface area (Å²) in [5.74, 6) is 2.42. The molecule has 166 valence electrons. The van der Waals surface area contributed by atoms with Crippen molar-refractivity contribution in [3.8, 4) is 23.0 Å². The summed E-state index contributed by atoms with van der Waals surface area (Å²) in [6.45, 7) is 0. The number of hydrogen-bond donors (Lipinski definition) is 2. The van der Waals surface area contributed by atoms with Gasteiger partial charge in [-0.1, -0.05) is 18.2 Å². The van der Waals surface area contributed by atoms with Gasteiger partial charge in [-0.15, -0.1) is 11.8 Å². The normalized spacial score (nSPS) is 10.2. The molecular formula is C24H24N2O5S. The Morgan fingerprint density at radius 3 is 1.91 bits per heavy atom. The standard InChI is InChI=1S/C24H24N2O5S/c1-29-21-13-10-18(14-22(21)30-2)26-24(28)16-32-15-23(27)25-17-8-11-20(12-9-17)31-19-6-4-3-5-7-19/h3-14H,15-16H2,1-2H3,(H,25,27)(H,26,28). The number of para-hydroxylation sites is 1. The molecule has 3 aromatic carbocycles. The number of anilines is 2. The van der Waals surface area contributed by atoms with Crippen molar-refractivity contribution in [2.75, 3.05) is 36.4 Å². The van der Waals surface area contributed by atoms with Crippen molar-refractivity contribution in [3.63, 3.8) is 0 Å². The second-order valence-electron chi connectivity index (χ2n) is 6.60. The van der Waals surface area contributed by atoms with Gasteiger partial charge in [0.25, 0.3) is 0 Å². The van der Waals surface area contributed by atoms with Crippen molar-refractivity contribution < 1.29 is 23.8 Å². The first-order valence-corrected chi connectivity index (χ1v) is 11.0. The zero-order valence-corrected chi connectivity index (χ0v) is 18.6. The van der Waals surface area contributed by atoms with E-state index in [1.54, 1.807) is 49.6 Å². The van der Waals surface area contributed by atoms with Gasteiger partial charge in [-0.2, -0.15) is 0 Å². The third kappa shape index (κ3) is 6.95. The van der Waals surface area contributed by atoms with Gasteiger partial charge < -0.3 is 24.8 Å². The second kappa shape index (κ2) is 11.7. The fourth-order valence-corrected chi connectivity index (χ4v) is 3.39. The maximum atomic E-state index is 12.2. The molecule has 2 N–H and O–H groups in total. The Morgan fingerprint density at radius 2 is 1.28 bits per heavy atom. The summed E-state index contributed by atoms with van der Waals surface area (Å²) in [5, 5.41) is 5.58. The molecule has 3 rings (SSSR count). The van der Waals surface area contributed by atoms with Crippen molar-refractivity contribution in [2.45, 2.75) is 0 Å². The minimum absolute atomic E-state index is 0.144. The van der Waals surface area contributed by atoms with Crippen LogP contribution < -0.4 is 24.8 Å². The zero-order chi connectivity index (χ0) is 22.8. The molecule has 0 fully saturated rings. The molecule has 7 nitrogen and oxygen atoms in total. The molecule has 0 aliphatic rings. The highest BCUT2D eigenvalue weighted by molar-refractivity contribution is 8.00. The van der Waals surface area contributed by atoms with Gasteiger partial charge in [0.15, 0.2) is 11.5 Å². The Morgan fingerprint density at radius 1 is 0.719 bits per heavy atom. The molecule has 0 aliphatic heterocycles. The maximum absolute atomic E-state index is 12.2. The van der Waals surface area contributed by atoms with Crippen molar-refractivity contribution in [2.24, 2.45) is 0 Å². The lowest BCUT2D eigenvalue weighted by Gasteiger charge is -2.10. The SMILES string of the molecule is COc1ccc(NC(=O)CSCC(=O)Nc2ccc(Oc3ccccc3)cc2)cc1OC. The number of carbonyl (C=O) groups is 2. The molecule has 0 radical (unpaired) electrons. The van der Waals surface area contributed by atoms with Crippen LogP contribution in [0.3, 0.4) is 0 Å². The first-order valence-electron chi connectivity index (χ1n) is 9.80. The van der Waals surface area contributed by atoms with Gasteiger partial charge >= 0.3 is 0 Å². The minimum Gasteiger partial charge on any atom is -0.493 e. The molecule has 0 aromatic heterocycles. The fraction of sp³-hybridized carbons (Fsp3) is 0.167. The van der Waals surface area contributed by atoms with Crippen LogP contribution in [0.25, 0.3) is 0 Å². The smallest absolute Gasteiger partial charge is 0.234 e. The van der Waals surface area contributed by atoms with Gasteiger partial charge in [0.05, 0.1) is 25.7 Å². The molecule has 0 heterocycles. The van der Waals surface area contributed by atoms with E-state index < -0.39 is 0 Å². The first kappa shape index (κ1) is 23.0. The van der Waals surface area contributed by atoms with Crippen LogP contribution in [0.2, 0.25) is 0 Å². The predicted molar refractivity (Wildman–Crippen MR) is 127 cm³/mol. The number of thioether (sulfide) groups is 1. The van der Waals surface area contributed by atoms with Crippen LogP contribution in [0.1, 0.15) is 0 Å². The summed E-state index contributed by atoms with van der Waals surface area (Å²) in [5.41, 5.74) is 1.25. The fourth-order valence-electron chi connectivity index (χ4n) is 2.78. The van der Waals surface area contributed by atoms with Gasteiger partial charge in [0.2, 0.25) is 11.8 Å². The number of amides is 2. The van der Waals surface area contributed by atoms with E-state index in [0.29, 0.717) is 28.6 Å². The molecule has 2 amide bonds. The van der Waals surface area contributed by atoms with E-state index in [0.717, 1.165) is 5.75 Å². The molecule has 0 unspecified atom stereocenters. The molecule has 0 atom stereocenters. The second-order valence-corrected chi connectivity index (χ2v) is 7.58. The third-order valence-electron chi connectivity index (χ3n) is 4.25. The topological polar surface area (TPSA) is 85.9 Å². The number of rotatable bonds is 10. The Hall–Kier alpha value is -3.65. The Balaban J connectivity index is 1.40. The van der Waals surface area contributed by atoms with E-state index in [2.05, 4.69) is 10.6 Å². The number of nitrogens with one attached hydrogen (secondary N) is 2. The average Bonchev–Trinajstić information content (AvgIpc) is 2.81. The Labute approximate surface area is 191 Å². The number of methoxy groups -OCH3 is 2. The highest BCUT2D eigenvalue weighted by Gasteiger charge is 2.09.